The van der Waals surface area contributed by atoms with Gasteiger partial charge in [-0.2, -0.15) is 5.26 Å². The standard InChI is InChI=1S/C13H27N3O/c1-6-16(8-9-17-7-2)11-13(5,10-14)15-12(3)4/h12,15H,6-9,11H2,1-5H3. The summed E-state index contributed by atoms with van der Waals surface area (Å²) in [5.41, 5.74) is -0.490. The van der Waals surface area contributed by atoms with Crippen LogP contribution in [0.1, 0.15) is 34.6 Å². The Labute approximate surface area is 106 Å². The number of likely N-dealkylation sites (N-methyl/N-ethyl adjacent to an activating group) is 1. The van der Waals surface area contributed by atoms with Gasteiger partial charge in [0.25, 0.3) is 0 Å². The van der Waals surface area contributed by atoms with Crippen molar-refractivity contribution in [3.63, 3.8) is 0 Å². The lowest BCUT2D eigenvalue weighted by Gasteiger charge is -2.32. The van der Waals surface area contributed by atoms with Crippen molar-refractivity contribution in [1.82, 2.24) is 10.2 Å². The normalized spacial score (nSPS) is 14.9. The minimum atomic E-state index is -0.490. The van der Waals surface area contributed by atoms with Crippen LogP contribution in [-0.2, 0) is 4.74 Å². The Bertz CT molecular complexity index is 237. The topological polar surface area (TPSA) is 48.3 Å². The van der Waals surface area contributed by atoms with E-state index in [0.29, 0.717) is 6.04 Å². The fourth-order valence-electron chi connectivity index (χ4n) is 1.88. The van der Waals surface area contributed by atoms with E-state index in [1.165, 1.54) is 0 Å². The molecule has 0 heterocycles. The van der Waals surface area contributed by atoms with Gasteiger partial charge in [0.1, 0.15) is 5.54 Å². The number of nitrogens with zero attached hydrogens (tertiary/aromatic N) is 2. The summed E-state index contributed by atoms with van der Waals surface area (Å²) in [5.74, 6) is 0. The van der Waals surface area contributed by atoms with Crippen molar-refractivity contribution in [2.24, 2.45) is 0 Å². The number of hydrogen-bond acceptors (Lipinski definition) is 4. The van der Waals surface area contributed by atoms with Crippen molar-refractivity contribution in [3.05, 3.63) is 0 Å². The van der Waals surface area contributed by atoms with Crippen LogP contribution in [0.4, 0.5) is 0 Å². The van der Waals surface area contributed by atoms with Crippen molar-refractivity contribution in [2.45, 2.75) is 46.2 Å². The van der Waals surface area contributed by atoms with Gasteiger partial charge in [0.15, 0.2) is 0 Å². The van der Waals surface area contributed by atoms with Gasteiger partial charge < -0.3 is 4.74 Å². The van der Waals surface area contributed by atoms with E-state index in [-0.39, 0.29) is 0 Å². The lowest BCUT2D eigenvalue weighted by atomic mass is 10.0. The molecule has 0 amide bonds. The van der Waals surface area contributed by atoms with E-state index in [2.05, 4.69) is 37.1 Å². The highest BCUT2D eigenvalue weighted by atomic mass is 16.5. The van der Waals surface area contributed by atoms with Crippen molar-refractivity contribution < 1.29 is 4.74 Å². The van der Waals surface area contributed by atoms with E-state index in [0.717, 1.165) is 32.8 Å². The number of ether oxygens (including phenoxy) is 1. The predicted octanol–water partition coefficient (Wildman–Crippen LogP) is 1.63. The number of rotatable bonds is 9. The summed E-state index contributed by atoms with van der Waals surface area (Å²) in [7, 11) is 0. The fraction of sp³-hybridized carbons (Fsp3) is 0.923. The van der Waals surface area contributed by atoms with Crippen LogP contribution in [0.5, 0.6) is 0 Å². The highest BCUT2D eigenvalue weighted by Crippen LogP contribution is 2.07. The molecule has 0 saturated heterocycles. The lowest BCUT2D eigenvalue weighted by Crippen LogP contribution is -2.53. The van der Waals surface area contributed by atoms with Crippen LogP contribution in [0.3, 0.4) is 0 Å². The lowest BCUT2D eigenvalue weighted by molar-refractivity contribution is 0.106. The molecule has 0 aliphatic carbocycles. The van der Waals surface area contributed by atoms with Gasteiger partial charge in [-0.15, -0.1) is 0 Å². The largest absolute Gasteiger partial charge is 0.380 e. The maximum absolute atomic E-state index is 9.28. The first-order chi connectivity index (χ1) is 7.97. The molecule has 0 saturated carbocycles. The highest BCUT2D eigenvalue weighted by Gasteiger charge is 2.26. The zero-order valence-corrected chi connectivity index (χ0v) is 11.9. The molecule has 0 aromatic carbocycles. The summed E-state index contributed by atoms with van der Waals surface area (Å²) in [6.07, 6.45) is 0. The first-order valence-corrected chi connectivity index (χ1v) is 6.46. The summed E-state index contributed by atoms with van der Waals surface area (Å²) in [6.45, 7) is 14.2. The Morgan fingerprint density at radius 1 is 1.41 bits per heavy atom. The molecule has 0 aliphatic rings. The first kappa shape index (κ1) is 16.4. The Hall–Kier alpha value is -0.630. The van der Waals surface area contributed by atoms with Gasteiger partial charge >= 0.3 is 0 Å². The van der Waals surface area contributed by atoms with Gasteiger partial charge in [0.05, 0.1) is 12.7 Å². The van der Waals surface area contributed by atoms with E-state index < -0.39 is 5.54 Å². The molecule has 0 aromatic heterocycles. The maximum atomic E-state index is 9.28. The molecule has 4 nitrogen and oxygen atoms in total. The van der Waals surface area contributed by atoms with E-state index in [1.54, 1.807) is 0 Å². The van der Waals surface area contributed by atoms with Gasteiger partial charge in [0, 0.05) is 25.7 Å². The molecule has 1 unspecified atom stereocenters. The smallest absolute Gasteiger partial charge is 0.116 e. The Balaban J connectivity index is 4.26. The van der Waals surface area contributed by atoms with Crippen LogP contribution >= 0.6 is 0 Å². The Morgan fingerprint density at radius 2 is 2.06 bits per heavy atom. The molecule has 0 radical (unpaired) electrons. The van der Waals surface area contributed by atoms with Crippen LogP contribution in [0, 0.1) is 11.3 Å². The molecule has 0 rings (SSSR count). The molecule has 0 fully saturated rings. The summed E-state index contributed by atoms with van der Waals surface area (Å²) in [4.78, 5) is 2.24. The van der Waals surface area contributed by atoms with Gasteiger partial charge in [0.2, 0.25) is 0 Å². The van der Waals surface area contributed by atoms with E-state index in [1.807, 2.05) is 13.8 Å². The molecular weight excluding hydrogens is 214 g/mol. The third-order valence-corrected chi connectivity index (χ3v) is 2.60. The molecule has 100 valence electrons. The molecule has 0 aromatic rings. The third kappa shape index (κ3) is 7.32. The second kappa shape index (κ2) is 8.46. The van der Waals surface area contributed by atoms with Crippen molar-refractivity contribution in [3.8, 4) is 6.07 Å². The van der Waals surface area contributed by atoms with Crippen LogP contribution in [0.15, 0.2) is 0 Å². The molecular formula is C13H27N3O. The summed E-state index contributed by atoms with van der Waals surface area (Å²) >= 11 is 0. The molecule has 0 aliphatic heterocycles. The Kier molecular flexibility index (Phi) is 8.15. The SMILES string of the molecule is CCOCCN(CC)CC(C)(C#N)NC(C)C. The van der Waals surface area contributed by atoms with Crippen LogP contribution in [0.2, 0.25) is 0 Å². The predicted molar refractivity (Wildman–Crippen MR) is 70.9 cm³/mol. The zero-order valence-electron chi connectivity index (χ0n) is 11.9. The van der Waals surface area contributed by atoms with Gasteiger partial charge in [-0.3, -0.25) is 10.2 Å². The van der Waals surface area contributed by atoms with E-state index in [4.69, 9.17) is 4.74 Å². The summed E-state index contributed by atoms with van der Waals surface area (Å²) in [5, 5.41) is 12.6. The van der Waals surface area contributed by atoms with Gasteiger partial charge in [-0.25, -0.2) is 0 Å². The highest BCUT2D eigenvalue weighted by molar-refractivity contribution is 5.06. The average molecular weight is 241 g/mol. The molecule has 1 N–H and O–H groups in total. The van der Waals surface area contributed by atoms with Crippen molar-refractivity contribution >= 4 is 0 Å². The molecule has 0 spiro atoms. The van der Waals surface area contributed by atoms with Crippen LogP contribution in [-0.4, -0.2) is 49.3 Å². The summed E-state index contributed by atoms with van der Waals surface area (Å²) in [6, 6.07) is 2.68. The Morgan fingerprint density at radius 3 is 2.47 bits per heavy atom. The van der Waals surface area contributed by atoms with Crippen LogP contribution in [0.25, 0.3) is 0 Å². The third-order valence-electron chi connectivity index (χ3n) is 2.60. The van der Waals surface area contributed by atoms with Crippen LogP contribution < -0.4 is 5.32 Å². The van der Waals surface area contributed by atoms with Crippen molar-refractivity contribution in [2.75, 3.05) is 32.8 Å². The molecule has 0 bridgehead atoms. The van der Waals surface area contributed by atoms with E-state index in [9.17, 15) is 5.26 Å². The number of nitrogens with one attached hydrogen (secondary N) is 1. The maximum Gasteiger partial charge on any atom is 0.116 e. The number of hydrogen-bond donors (Lipinski definition) is 1. The van der Waals surface area contributed by atoms with E-state index >= 15 is 0 Å². The molecule has 4 heteroatoms. The zero-order chi connectivity index (χ0) is 13.3. The second-order valence-corrected chi connectivity index (χ2v) is 4.81. The quantitative estimate of drug-likeness (QED) is 0.623. The molecule has 17 heavy (non-hydrogen) atoms. The molecule has 1 atom stereocenters. The fourth-order valence-corrected chi connectivity index (χ4v) is 1.88. The number of nitriles is 1. The van der Waals surface area contributed by atoms with Gasteiger partial charge in [-0.1, -0.05) is 6.92 Å². The summed E-state index contributed by atoms with van der Waals surface area (Å²) < 4.78 is 5.35. The minimum absolute atomic E-state index is 0.310. The second-order valence-electron chi connectivity index (χ2n) is 4.81. The average Bonchev–Trinajstić information content (AvgIpc) is 2.27. The van der Waals surface area contributed by atoms with Gasteiger partial charge in [-0.05, 0) is 34.2 Å². The minimum Gasteiger partial charge on any atom is -0.380 e. The first-order valence-electron chi connectivity index (χ1n) is 6.46. The van der Waals surface area contributed by atoms with Crippen molar-refractivity contribution in [1.29, 1.82) is 5.26 Å². The monoisotopic (exact) mass is 241 g/mol.